The van der Waals surface area contributed by atoms with Gasteiger partial charge in [0.2, 0.25) is 5.91 Å². The second kappa shape index (κ2) is 8.76. The number of aryl methyl sites for hydroxylation is 1. The van der Waals surface area contributed by atoms with Gasteiger partial charge in [-0.1, -0.05) is 30.3 Å². The highest BCUT2D eigenvalue weighted by Gasteiger charge is 2.30. The Balaban J connectivity index is 0.00000312. The van der Waals surface area contributed by atoms with E-state index in [1.54, 1.807) is 19.2 Å². The molecule has 0 aliphatic carbocycles. The Morgan fingerprint density at radius 3 is 2.44 bits per heavy atom. The number of halogens is 4. The Bertz CT molecular complexity index is 719. The molecule has 1 amide bonds. The third-order valence-electron chi connectivity index (χ3n) is 3.76. The zero-order chi connectivity index (χ0) is 17.7. The van der Waals surface area contributed by atoms with Gasteiger partial charge in [0.1, 0.15) is 0 Å². The van der Waals surface area contributed by atoms with Gasteiger partial charge in [-0.25, -0.2) is 0 Å². The van der Waals surface area contributed by atoms with Crippen LogP contribution in [-0.4, -0.2) is 17.9 Å². The summed E-state index contributed by atoms with van der Waals surface area (Å²) in [7, 11) is 1.58. The van der Waals surface area contributed by atoms with E-state index in [0.717, 1.165) is 17.7 Å². The van der Waals surface area contributed by atoms with Gasteiger partial charge < -0.3 is 10.6 Å². The van der Waals surface area contributed by atoms with E-state index in [4.69, 9.17) is 5.73 Å². The van der Waals surface area contributed by atoms with Crippen molar-refractivity contribution in [2.24, 2.45) is 0 Å². The third kappa shape index (κ3) is 5.98. The largest absolute Gasteiger partial charge is 0.416 e. The molecule has 0 aliphatic rings. The van der Waals surface area contributed by atoms with Gasteiger partial charge in [0, 0.05) is 25.7 Å². The van der Waals surface area contributed by atoms with Crippen LogP contribution in [0.2, 0.25) is 0 Å². The van der Waals surface area contributed by atoms with Crippen molar-refractivity contribution in [1.82, 2.24) is 4.90 Å². The lowest BCUT2D eigenvalue weighted by molar-refractivity contribution is -0.137. The van der Waals surface area contributed by atoms with Crippen molar-refractivity contribution in [3.05, 3.63) is 65.2 Å². The number of benzene rings is 2. The SMILES string of the molecule is CN(Cc1cccc(C(F)(F)F)c1)C(=O)CCc1ccccc1N.Cl. The van der Waals surface area contributed by atoms with Crippen LogP contribution in [0.1, 0.15) is 23.1 Å². The Hall–Kier alpha value is -2.21. The number of carbonyl (C=O) groups excluding carboxylic acids is 1. The first-order valence-corrected chi connectivity index (χ1v) is 7.51. The normalized spacial score (nSPS) is 10.9. The first-order chi connectivity index (χ1) is 11.3. The molecule has 0 radical (unpaired) electrons. The molecule has 3 nitrogen and oxygen atoms in total. The second-order valence-electron chi connectivity index (χ2n) is 5.65. The minimum absolute atomic E-state index is 0. The molecular formula is C18H20ClF3N2O. The summed E-state index contributed by atoms with van der Waals surface area (Å²) >= 11 is 0. The monoisotopic (exact) mass is 372 g/mol. The number of nitrogens with zero attached hydrogens (tertiary/aromatic N) is 1. The van der Waals surface area contributed by atoms with Crippen molar-refractivity contribution in [2.45, 2.75) is 25.6 Å². The molecule has 0 saturated carbocycles. The Morgan fingerprint density at radius 1 is 1.12 bits per heavy atom. The topological polar surface area (TPSA) is 46.3 Å². The van der Waals surface area contributed by atoms with Gasteiger partial charge in [-0.05, 0) is 35.7 Å². The molecule has 0 unspecified atom stereocenters. The second-order valence-corrected chi connectivity index (χ2v) is 5.65. The number of para-hydroxylation sites is 1. The lowest BCUT2D eigenvalue weighted by Crippen LogP contribution is -2.26. The number of carbonyl (C=O) groups is 1. The Labute approximate surface area is 151 Å². The standard InChI is InChI=1S/C18H19F3N2O.ClH/c1-23(12-13-5-4-7-15(11-13)18(19,20)21)17(24)10-9-14-6-2-3-8-16(14)22;/h2-8,11H,9-10,12,22H2,1H3;1H. The summed E-state index contributed by atoms with van der Waals surface area (Å²) in [5.74, 6) is -0.143. The van der Waals surface area contributed by atoms with Crippen molar-refractivity contribution < 1.29 is 18.0 Å². The maximum atomic E-state index is 12.7. The lowest BCUT2D eigenvalue weighted by Gasteiger charge is -2.18. The average molecular weight is 373 g/mol. The lowest BCUT2D eigenvalue weighted by atomic mass is 10.1. The molecule has 0 aliphatic heterocycles. The van der Waals surface area contributed by atoms with E-state index in [-0.39, 0.29) is 31.3 Å². The molecule has 2 N–H and O–H groups in total. The van der Waals surface area contributed by atoms with Gasteiger partial charge in [-0.2, -0.15) is 13.2 Å². The van der Waals surface area contributed by atoms with Crippen LogP contribution in [0.4, 0.5) is 18.9 Å². The van der Waals surface area contributed by atoms with Crippen molar-refractivity contribution in [2.75, 3.05) is 12.8 Å². The smallest absolute Gasteiger partial charge is 0.399 e. The molecule has 0 aromatic heterocycles. The molecule has 0 fully saturated rings. The fourth-order valence-electron chi connectivity index (χ4n) is 2.40. The maximum absolute atomic E-state index is 12.7. The number of rotatable bonds is 5. The van der Waals surface area contributed by atoms with Crippen molar-refractivity contribution in [3.63, 3.8) is 0 Å². The van der Waals surface area contributed by atoms with Crippen molar-refractivity contribution >= 4 is 24.0 Å². The van der Waals surface area contributed by atoms with Crippen LogP contribution >= 0.6 is 12.4 Å². The minimum atomic E-state index is -4.39. The molecule has 25 heavy (non-hydrogen) atoms. The number of anilines is 1. The summed E-state index contributed by atoms with van der Waals surface area (Å²) in [5, 5.41) is 0. The zero-order valence-electron chi connectivity index (χ0n) is 13.7. The van der Waals surface area contributed by atoms with E-state index in [2.05, 4.69) is 0 Å². The summed E-state index contributed by atoms with van der Waals surface area (Å²) < 4.78 is 38.2. The van der Waals surface area contributed by atoms with E-state index in [1.165, 1.54) is 11.0 Å². The minimum Gasteiger partial charge on any atom is -0.399 e. The molecule has 2 rings (SSSR count). The number of amides is 1. The average Bonchev–Trinajstić information content (AvgIpc) is 2.53. The van der Waals surface area contributed by atoms with Gasteiger partial charge in [-0.3, -0.25) is 4.79 Å². The molecule has 0 atom stereocenters. The molecule has 136 valence electrons. The number of alkyl halides is 3. The fraction of sp³-hybridized carbons (Fsp3) is 0.278. The third-order valence-corrected chi connectivity index (χ3v) is 3.76. The molecule has 0 spiro atoms. The van der Waals surface area contributed by atoms with E-state index in [0.29, 0.717) is 17.7 Å². The number of nitrogens with two attached hydrogens (primary N) is 1. The van der Waals surface area contributed by atoms with Crippen molar-refractivity contribution in [1.29, 1.82) is 0 Å². The van der Waals surface area contributed by atoms with Crippen LogP contribution in [0.25, 0.3) is 0 Å². The van der Waals surface area contributed by atoms with Crippen LogP contribution in [0.3, 0.4) is 0 Å². The van der Waals surface area contributed by atoms with E-state index >= 15 is 0 Å². The number of nitrogen functional groups attached to an aromatic ring is 1. The van der Waals surface area contributed by atoms with Gasteiger partial charge in [0.15, 0.2) is 0 Å². The summed E-state index contributed by atoms with van der Waals surface area (Å²) in [6.07, 6.45) is -3.63. The van der Waals surface area contributed by atoms with Gasteiger partial charge in [0.05, 0.1) is 5.56 Å². The Morgan fingerprint density at radius 2 is 1.80 bits per heavy atom. The number of hydrogen-bond acceptors (Lipinski definition) is 2. The molecule has 2 aromatic carbocycles. The highest BCUT2D eigenvalue weighted by Crippen LogP contribution is 2.29. The van der Waals surface area contributed by atoms with Gasteiger partial charge in [0.25, 0.3) is 0 Å². The molecule has 7 heteroatoms. The predicted octanol–water partition coefficient (Wildman–Crippen LogP) is 4.30. The van der Waals surface area contributed by atoms with E-state index in [1.807, 2.05) is 18.2 Å². The first kappa shape index (κ1) is 20.8. The van der Waals surface area contributed by atoms with Crippen molar-refractivity contribution in [3.8, 4) is 0 Å². The zero-order valence-corrected chi connectivity index (χ0v) is 14.5. The van der Waals surface area contributed by atoms with E-state index in [9.17, 15) is 18.0 Å². The van der Waals surface area contributed by atoms with E-state index < -0.39 is 11.7 Å². The first-order valence-electron chi connectivity index (χ1n) is 7.51. The van der Waals surface area contributed by atoms with Crippen LogP contribution in [0.5, 0.6) is 0 Å². The molecule has 0 heterocycles. The highest BCUT2D eigenvalue weighted by atomic mass is 35.5. The Kier molecular flexibility index (Phi) is 7.30. The van der Waals surface area contributed by atoms with Gasteiger partial charge >= 0.3 is 6.18 Å². The van der Waals surface area contributed by atoms with Crippen LogP contribution in [-0.2, 0) is 23.9 Å². The molecule has 0 bridgehead atoms. The van der Waals surface area contributed by atoms with Gasteiger partial charge in [-0.15, -0.1) is 12.4 Å². The van der Waals surface area contributed by atoms with Crippen LogP contribution in [0, 0.1) is 0 Å². The van der Waals surface area contributed by atoms with Crippen LogP contribution < -0.4 is 5.73 Å². The molecule has 2 aromatic rings. The predicted molar refractivity (Wildman–Crippen MR) is 94.3 cm³/mol. The summed E-state index contributed by atoms with van der Waals surface area (Å²) in [6.45, 7) is 0.132. The highest BCUT2D eigenvalue weighted by molar-refractivity contribution is 5.85. The number of hydrogen-bond donors (Lipinski definition) is 1. The molecular weight excluding hydrogens is 353 g/mol. The summed E-state index contributed by atoms with van der Waals surface area (Å²) in [6, 6.07) is 12.3. The summed E-state index contributed by atoms with van der Waals surface area (Å²) in [5.41, 5.74) is 7.08. The quantitative estimate of drug-likeness (QED) is 0.795. The maximum Gasteiger partial charge on any atom is 0.416 e. The fourth-order valence-corrected chi connectivity index (χ4v) is 2.40. The molecule has 0 saturated heterocycles. The summed E-state index contributed by atoms with van der Waals surface area (Å²) in [4.78, 5) is 13.6. The van der Waals surface area contributed by atoms with Crippen LogP contribution in [0.15, 0.2) is 48.5 Å².